The van der Waals surface area contributed by atoms with Crippen LogP contribution in [-0.2, 0) is 6.18 Å². The van der Waals surface area contributed by atoms with Crippen molar-refractivity contribution in [1.29, 1.82) is 0 Å². The van der Waals surface area contributed by atoms with Gasteiger partial charge in [-0.15, -0.1) is 0 Å². The molecule has 10 heteroatoms. The van der Waals surface area contributed by atoms with Gasteiger partial charge in [-0.1, -0.05) is 26.0 Å². The van der Waals surface area contributed by atoms with Crippen LogP contribution in [0, 0.1) is 19.8 Å². The number of hydrogen-bond donors (Lipinski definition) is 3. The number of nitrogens with zero attached hydrogens (tertiary/aromatic N) is 3. The van der Waals surface area contributed by atoms with Gasteiger partial charge in [0.25, 0.3) is 5.91 Å². The third kappa shape index (κ3) is 6.51. The predicted octanol–water partition coefficient (Wildman–Crippen LogP) is 5.80. The van der Waals surface area contributed by atoms with E-state index in [-0.39, 0.29) is 24.7 Å². The fraction of sp³-hybridized carbons (Fsp3) is 0.367. The van der Waals surface area contributed by atoms with E-state index in [4.69, 9.17) is 15.3 Å². The molecule has 0 aliphatic heterocycles. The first-order chi connectivity index (χ1) is 18.8. The Bertz CT molecular complexity index is 1490. The Morgan fingerprint density at radius 2 is 1.73 bits per heavy atom. The van der Waals surface area contributed by atoms with Gasteiger partial charge in [0.2, 0.25) is 0 Å². The fourth-order valence-corrected chi connectivity index (χ4v) is 4.84. The molecule has 4 aromatic rings. The van der Waals surface area contributed by atoms with Crippen molar-refractivity contribution in [1.82, 2.24) is 20.1 Å². The van der Waals surface area contributed by atoms with Crippen molar-refractivity contribution < 1.29 is 28.2 Å². The maximum atomic E-state index is 13.2. The first kappa shape index (κ1) is 29.2. The number of aryl methyl sites for hydroxylation is 2. The smallest absolute Gasteiger partial charge is 0.368 e. The molecule has 40 heavy (non-hydrogen) atoms. The van der Waals surface area contributed by atoms with E-state index in [1.165, 1.54) is 12.1 Å². The van der Waals surface area contributed by atoms with Crippen LogP contribution in [0.2, 0.25) is 0 Å². The van der Waals surface area contributed by atoms with Crippen LogP contribution in [0.4, 0.5) is 13.2 Å². The molecule has 0 spiro atoms. The van der Waals surface area contributed by atoms with Crippen LogP contribution in [-0.4, -0.2) is 43.7 Å². The molecule has 2 heterocycles. The lowest BCUT2D eigenvalue weighted by atomic mass is 9.93. The van der Waals surface area contributed by atoms with Crippen molar-refractivity contribution in [3.63, 3.8) is 0 Å². The summed E-state index contributed by atoms with van der Waals surface area (Å²) in [7, 11) is 0. The number of alkyl halides is 3. The number of hydrogen-bond acceptors (Lipinski definition) is 5. The van der Waals surface area contributed by atoms with Gasteiger partial charge in [0, 0.05) is 24.5 Å². The Balaban J connectivity index is 1.67. The van der Waals surface area contributed by atoms with Gasteiger partial charge in [-0.25, -0.2) is 0 Å². The Morgan fingerprint density at radius 1 is 1.00 bits per heavy atom. The molecular weight excluding hydrogens is 521 g/mol. The number of pyridine rings is 1. The number of carbonyl (C=O) groups excluding carboxylic acids is 1. The summed E-state index contributed by atoms with van der Waals surface area (Å²) in [5, 5.41) is 26.1. The molecule has 212 valence electrons. The highest BCUT2D eigenvalue weighted by Crippen LogP contribution is 2.36. The number of aromatic nitrogens is 3. The number of amides is 1. The molecule has 0 saturated carbocycles. The van der Waals surface area contributed by atoms with E-state index in [0.717, 1.165) is 45.6 Å². The minimum atomic E-state index is -4.39. The average molecular weight is 555 g/mol. The lowest BCUT2D eigenvalue weighted by Crippen LogP contribution is -2.27. The zero-order valence-corrected chi connectivity index (χ0v) is 22.8. The van der Waals surface area contributed by atoms with Gasteiger partial charge in [-0.3, -0.25) is 14.5 Å². The highest BCUT2D eigenvalue weighted by molar-refractivity contribution is 5.92. The van der Waals surface area contributed by atoms with Crippen LogP contribution in [0.3, 0.4) is 0 Å². The zero-order chi connectivity index (χ0) is 29.2. The molecule has 0 radical (unpaired) electrons. The van der Waals surface area contributed by atoms with Crippen LogP contribution in [0.25, 0.3) is 22.0 Å². The summed E-state index contributed by atoms with van der Waals surface area (Å²) in [5.41, 5.74) is 4.37. The van der Waals surface area contributed by atoms with Crippen molar-refractivity contribution in [3.8, 4) is 11.1 Å². The van der Waals surface area contributed by atoms with Crippen LogP contribution >= 0.6 is 0 Å². The average Bonchev–Trinajstić information content (AvgIpc) is 3.28. The van der Waals surface area contributed by atoms with Gasteiger partial charge >= 0.3 is 6.18 Å². The lowest BCUT2D eigenvalue weighted by Gasteiger charge is -2.22. The molecule has 0 fully saturated rings. The van der Waals surface area contributed by atoms with Crippen molar-refractivity contribution >= 4 is 16.8 Å². The number of rotatable bonds is 9. The van der Waals surface area contributed by atoms with Crippen LogP contribution < -0.4 is 5.32 Å². The van der Waals surface area contributed by atoms with E-state index >= 15 is 0 Å². The van der Waals surface area contributed by atoms with E-state index < -0.39 is 23.9 Å². The highest BCUT2D eigenvalue weighted by atomic mass is 19.4. The number of fused-ring (bicyclic) bond motifs is 1. The van der Waals surface area contributed by atoms with Gasteiger partial charge in [0.05, 0.1) is 23.3 Å². The fourth-order valence-electron chi connectivity index (χ4n) is 4.84. The van der Waals surface area contributed by atoms with Crippen LogP contribution in [0.1, 0.15) is 65.5 Å². The predicted molar refractivity (Wildman–Crippen MR) is 147 cm³/mol. The largest absolute Gasteiger partial charge is 0.416 e. The van der Waals surface area contributed by atoms with E-state index in [9.17, 15) is 18.0 Å². The van der Waals surface area contributed by atoms with E-state index in [1.807, 2.05) is 29.8 Å². The molecule has 4 rings (SSSR count). The molecule has 1 atom stereocenters. The van der Waals surface area contributed by atoms with Crippen LogP contribution in [0.5, 0.6) is 0 Å². The second-order valence-corrected chi connectivity index (χ2v) is 10.5. The number of aliphatic hydroxyl groups is 2. The molecule has 3 N–H and O–H groups in total. The number of nitrogens with one attached hydrogen (secondary N) is 1. The molecule has 2 aromatic heterocycles. The normalized spacial score (nSPS) is 12.9. The number of aliphatic hydroxyl groups excluding tert-OH is 1. The maximum absolute atomic E-state index is 13.2. The van der Waals surface area contributed by atoms with Gasteiger partial charge in [-0.05, 0) is 84.3 Å². The second-order valence-electron chi connectivity index (χ2n) is 10.5. The quantitative estimate of drug-likeness (QED) is 0.227. The number of benzene rings is 2. The zero-order valence-electron chi connectivity index (χ0n) is 22.8. The van der Waals surface area contributed by atoms with E-state index in [0.29, 0.717) is 11.5 Å². The second kappa shape index (κ2) is 11.8. The van der Waals surface area contributed by atoms with Crippen molar-refractivity contribution in [2.24, 2.45) is 5.92 Å². The van der Waals surface area contributed by atoms with Gasteiger partial charge in [-0.2, -0.15) is 18.3 Å². The maximum Gasteiger partial charge on any atom is 0.416 e. The Morgan fingerprint density at radius 3 is 2.33 bits per heavy atom. The first-order valence-corrected chi connectivity index (χ1v) is 13.1. The Labute approximate surface area is 230 Å². The van der Waals surface area contributed by atoms with Gasteiger partial charge in [0.15, 0.2) is 6.29 Å². The van der Waals surface area contributed by atoms with Crippen LogP contribution in [0.15, 0.2) is 54.9 Å². The Kier molecular flexibility index (Phi) is 8.60. The number of carbonyl (C=O) groups is 1. The highest BCUT2D eigenvalue weighted by Gasteiger charge is 2.31. The van der Waals surface area contributed by atoms with E-state index in [2.05, 4.69) is 24.1 Å². The minimum absolute atomic E-state index is 0.0201. The molecule has 0 aliphatic carbocycles. The van der Waals surface area contributed by atoms with Crippen molar-refractivity contribution in [2.45, 2.75) is 59.0 Å². The number of halogens is 3. The molecule has 0 aliphatic rings. The summed E-state index contributed by atoms with van der Waals surface area (Å²) >= 11 is 0. The third-order valence-electron chi connectivity index (χ3n) is 6.87. The molecule has 1 unspecified atom stereocenters. The van der Waals surface area contributed by atoms with Gasteiger partial charge in [0.1, 0.15) is 5.69 Å². The van der Waals surface area contributed by atoms with Crippen molar-refractivity contribution in [2.75, 3.05) is 6.54 Å². The summed E-state index contributed by atoms with van der Waals surface area (Å²) in [4.78, 5) is 16.7. The lowest BCUT2D eigenvalue weighted by molar-refractivity contribution is -0.137. The van der Waals surface area contributed by atoms with Gasteiger partial charge < -0.3 is 15.5 Å². The standard InChI is InChI=1S/C30H33F3N4O3/c1-17(2)11-26(20-5-8-25(35-15-20)29(40)34-10-9-28(38)39)37-27-13-19(4)24(14-21(27)16-36-37)23-7-6-22(12-18(23)3)30(31,32)33/h5-8,12-17,26,28,38-39H,9-11H2,1-4H3,(H,34,40). The van der Waals surface area contributed by atoms with E-state index in [1.54, 1.807) is 25.4 Å². The molecule has 0 saturated heterocycles. The summed E-state index contributed by atoms with van der Waals surface area (Å²) in [6, 6.07) is 11.1. The Hall–Kier alpha value is -3.76. The third-order valence-corrected chi connectivity index (χ3v) is 6.87. The minimum Gasteiger partial charge on any atom is -0.368 e. The topological polar surface area (TPSA) is 100 Å². The SMILES string of the molecule is Cc1cc(C(F)(F)F)ccc1-c1cc2cnn(C(CC(C)C)c3ccc(C(=O)NCCC(O)O)nc3)c2cc1C. The molecule has 0 bridgehead atoms. The first-order valence-electron chi connectivity index (χ1n) is 13.1. The molecule has 7 nitrogen and oxygen atoms in total. The van der Waals surface area contributed by atoms with Crippen molar-refractivity contribution in [3.05, 3.63) is 82.8 Å². The molecule has 2 aromatic carbocycles. The molecular formula is C30H33F3N4O3. The summed E-state index contributed by atoms with van der Waals surface area (Å²) in [6.45, 7) is 7.96. The summed E-state index contributed by atoms with van der Waals surface area (Å²) < 4.78 is 41.5. The molecule has 1 amide bonds. The summed E-state index contributed by atoms with van der Waals surface area (Å²) in [5.74, 6) is -0.0776. The summed E-state index contributed by atoms with van der Waals surface area (Å²) in [6.07, 6.45) is -1.69. The monoisotopic (exact) mass is 554 g/mol.